The molecule has 1 aromatic heterocycles. The molecule has 0 bridgehead atoms. The van der Waals surface area contributed by atoms with Crippen LogP contribution in [0.5, 0.6) is 5.75 Å². The van der Waals surface area contributed by atoms with Gasteiger partial charge in [0.05, 0.1) is 13.2 Å². The number of nitrogens with two attached hydrogens (primary N) is 1. The van der Waals surface area contributed by atoms with Gasteiger partial charge in [-0.3, -0.25) is 0 Å². The molecule has 1 aliphatic heterocycles. The molecule has 24 heavy (non-hydrogen) atoms. The van der Waals surface area contributed by atoms with E-state index in [1.165, 1.54) is 5.56 Å². The highest BCUT2D eigenvalue weighted by molar-refractivity contribution is 5.75. The number of nitrogen functional groups attached to an aromatic ring is 1. The van der Waals surface area contributed by atoms with E-state index in [0.29, 0.717) is 12.4 Å². The van der Waals surface area contributed by atoms with Gasteiger partial charge in [-0.05, 0) is 43.0 Å². The van der Waals surface area contributed by atoms with E-state index in [1.54, 1.807) is 7.11 Å². The van der Waals surface area contributed by atoms with E-state index in [4.69, 9.17) is 19.9 Å². The van der Waals surface area contributed by atoms with Crippen molar-refractivity contribution in [2.75, 3.05) is 26.2 Å². The first kappa shape index (κ1) is 15.4. The van der Waals surface area contributed by atoms with Crippen molar-refractivity contribution in [2.24, 2.45) is 0 Å². The fraction of sp³-hybridized carbons (Fsp3) is 0.444. The van der Waals surface area contributed by atoms with Gasteiger partial charge in [0.1, 0.15) is 11.4 Å². The van der Waals surface area contributed by atoms with E-state index >= 15 is 0 Å². The number of aryl methyl sites for hydroxylation is 1. The Bertz CT molecular complexity index is 787. The monoisotopic (exact) mass is 327 g/mol. The second-order valence-electron chi connectivity index (χ2n) is 6.61. The SMILES string of the molecule is COCOc1cc(C)ccc1-c1nnc(N)c2c1C1(CC1)COC2. The summed E-state index contributed by atoms with van der Waals surface area (Å²) in [7, 11) is 1.61. The van der Waals surface area contributed by atoms with Crippen molar-refractivity contribution in [3.63, 3.8) is 0 Å². The van der Waals surface area contributed by atoms with Crippen LogP contribution in [0.15, 0.2) is 18.2 Å². The van der Waals surface area contributed by atoms with Gasteiger partial charge in [-0.2, -0.15) is 0 Å². The van der Waals surface area contributed by atoms with E-state index in [-0.39, 0.29) is 12.2 Å². The van der Waals surface area contributed by atoms with Crippen LogP contribution in [0.3, 0.4) is 0 Å². The van der Waals surface area contributed by atoms with E-state index in [9.17, 15) is 0 Å². The van der Waals surface area contributed by atoms with Crippen LogP contribution >= 0.6 is 0 Å². The lowest BCUT2D eigenvalue weighted by Crippen LogP contribution is -2.26. The molecule has 1 aromatic carbocycles. The summed E-state index contributed by atoms with van der Waals surface area (Å²) in [6, 6.07) is 6.09. The highest BCUT2D eigenvalue weighted by Crippen LogP contribution is 2.55. The van der Waals surface area contributed by atoms with Crippen LogP contribution in [0, 0.1) is 6.92 Å². The summed E-state index contributed by atoms with van der Waals surface area (Å²) in [5, 5.41) is 8.61. The van der Waals surface area contributed by atoms with E-state index in [0.717, 1.165) is 47.6 Å². The Morgan fingerprint density at radius 3 is 2.88 bits per heavy atom. The van der Waals surface area contributed by atoms with Gasteiger partial charge in [0.15, 0.2) is 12.6 Å². The molecule has 1 aliphatic carbocycles. The second kappa shape index (κ2) is 5.72. The first-order chi connectivity index (χ1) is 11.6. The predicted octanol–water partition coefficient (Wildman–Crippen LogP) is 2.58. The zero-order valence-electron chi connectivity index (χ0n) is 14.0. The maximum absolute atomic E-state index is 6.07. The molecule has 0 unspecified atom stereocenters. The lowest BCUT2D eigenvalue weighted by molar-refractivity contribution is 0.0514. The Balaban J connectivity index is 1.89. The molecule has 0 amide bonds. The number of benzene rings is 1. The normalized spacial score (nSPS) is 17.6. The van der Waals surface area contributed by atoms with Crippen LogP contribution in [0.4, 0.5) is 5.82 Å². The van der Waals surface area contributed by atoms with Gasteiger partial charge < -0.3 is 19.9 Å². The minimum atomic E-state index is 0.0381. The molecule has 0 radical (unpaired) electrons. The van der Waals surface area contributed by atoms with Crippen molar-refractivity contribution in [1.29, 1.82) is 0 Å². The number of ether oxygens (including phenoxy) is 3. The van der Waals surface area contributed by atoms with Crippen molar-refractivity contribution in [2.45, 2.75) is 31.8 Å². The number of rotatable bonds is 4. The molecule has 2 aliphatic rings. The Morgan fingerprint density at radius 1 is 1.29 bits per heavy atom. The van der Waals surface area contributed by atoms with Gasteiger partial charge in [0.25, 0.3) is 0 Å². The first-order valence-corrected chi connectivity index (χ1v) is 8.11. The van der Waals surface area contributed by atoms with Gasteiger partial charge in [0.2, 0.25) is 0 Å². The highest BCUT2D eigenvalue weighted by Gasteiger charge is 2.50. The van der Waals surface area contributed by atoms with Crippen molar-refractivity contribution < 1.29 is 14.2 Å². The maximum Gasteiger partial charge on any atom is 0.188 e. The highest BCUT2D eigenvalue weighted by atomic mass is 16.7. The topological polar surface area (TPSA) is 79.5 Å². The Labute approximate surface area is 140 Å². The molecule has 2 heterocycles. The third-order valence-corrected chi connectivity index (χ3v) is 4.84. The van der Waals surface area contributed by atoms with Crippen LogP contribution in [0.2, 0.25) is 0 Å². The summed E-state index contributed by atoms with van der Waals surface area (Å²) in [4.78, 5) is 0. The van der Waals surface area contributed by atoms with Crippen molar-refractivity contribution in [3.8, 4) is 17.0 Å². The smallest absolute Gasteiger partial charge is 0.188 e. The number of anilines is 1. The largest absolute Gasteiger partial charge is 0.467 e. The van der Waals surface area contributed by atoms with Crippen molar-refractivity contribution in [3.05, 3.63) is 34.9 Å². The first-order valence-electron chi connectivity index (χ1n) is 8.11. The molecule has 0 saturated heterocycles. The molecular formula is C18H21N3O3. The zero-order chi connectivity index (χ0) is 16.7. The molecule has 1 saturated carbocycles. The lowest BCUT2D eigenvalue weighted by atomic mass is 9.86. The average Bonchev–Trinajstić information content (AvgIpc) is 3.34. The van der Waals surface area contributed by atoms with Crippen LogP contribution in [-0.2, 0) is 21.5 Å². The number of methoxy groups -OCH3 is 1. The summed E-state index contributed by atoms with van der Waals surface area (Å²) < 4.78 is 16.6. The summed E-state index contributed by atoms with van der Waals surface area (Å²) in [6.07, 6.45) is 2.19. The third kappa shape index (κ3) is 2.42. The van der Waals surface area contributed by atoms with Crippen LogP contribution in [0.25, 0.3) is 11.3 Å². The quantitative estimate of drug-likeness (QED) is 0.870. The lowest BCUT2D eigenvalue weighted by Gasteiger charge is -2.28. The van der Waals surface area contributed by atoms with Gasteiger partial charge >= 0.3 is 0 Å². The van der Waals surface area contributed by atoms with Gasteiger partial charge in [-0.15, -0.1) is 10.2 Å². The summed E-state index contributed by atoms with van der Waals surface area (Å²) in [5.74, 6) is 1.21. The Hall–Kier alpha value is -2.18. The average molecular weight is 327 g/mol. The minimum absolute atomic E-state index is 0.0381. The van der Waals surface area contributed by atoms with Crippen LogP contribution in [0.1, 0.15) is 29.5 Å². The molecule has 6 heteroatoms. The van der Waals surface area contributed by atoms with E-state index < -0.39 is 0 Å². The van der Waals surface area contributed by atoms with Gasteiger partial charge in [0, 0.05) is 23.7 Å². The summed E-state index contributed by atoms with van der Waals surface area (Å²) in [5.41, 5.74) is 11.2. The molecule has 4 rings (SSSR count). The standard InChI is InChI=1S/C18H21N3O3/c1-11-3-4-12(14(7-11)24-10-22-2)16-15-13(17(19)21-20-16)8-23-9-18(15)5-6-18/h3-4,7H,5-6,8-10H2,1-2H3,(H2,19,21). The maximum atomic E-state index is 6.07. The van der Waals surface area contributed by atoms with E-state index in [2.05, 4.69) is 16.3 Å². The van der Waals surface area contributed by atoms with Crippen LogP contribution < -0.4 is 10.5 Å². The van der Waals surface area contributed by atoms with Gasteiger partial charge in [-0.25, -0.2) is 0 Å². The van der Waals surface area contributed by atoms with Crippen molar-refractivity contribution in [1.82, 2.24) is 10.2 Å². The Morgan fingerprint density at radius 2 is 2.12 bits per heavy atom. The number of aromatic nitrogens is 2. The summed E-state index contributed by atoms with van der Waals surface area (Å²) >= 11 is 0. The minimum Gasteiger partial charge on any atom is -0.467 e. The molecular weight excluding hydrogens is 306 g/mol. The van der Waals surface area contributed by atoms with Gasteiger partial charge in [-0.1, -0.05) is 6.07 Å². The molecule has 0 atom stereocenters. The number of hydrogen-bond donors (Lipinski definition) is 1. The number of nitrogens with zero attached hydrogens (tertiary/aromatic N) is 2. The zero-order valence-corrected chi connectivity index (χ0v) is 14.0. The molecule has 2 aromatic rings. The Kier molecular flexibility index (Phi) is 3.66. The third-order valence-electron chi connectivity index (χ3n) is 4.84. The molecule has 6 nitrogen and oxygen atoms in total. The molecule has 126 valence electrons. The molecule has 2 N–H and O–H groups in total. The van der Waals surface area contributed by atoms with E-state index in [1.807, 2.05) is 19.1 Å². The predicted molar refractivity (Wildman–Crippen MR) is 89.7 cm³/mol. The summed E-state index contributed by atoms with van der Waals surface area (Å²) in [6.45, 7) is 3.43. The molecule has 1 spiro atoms. The molecule has 1 fully saturated rings. The van der Waals surface area contributed by atoms with Crippen molar-refractivity contribution >= 4 is 5.82 Å². The number of fused-ring (bicyclic) bond motifs is 2. The fourth-order valence-electron chi connectivity index (χ4n) is 3.42. The second-order valence-corrected chi connectivity index (χ2v) is 6.61. The van der Waals surface area contributed by atoms with Crippen LogP contribution in [-0.4, -0.2) is 30.7 Å². The fourth-order valence-corrected chi connectivity index (χ4v) is 3.42. The number of hydrogen-bond acceptors (Lipinski definition) is 6.